The summed E-state index contributed by atoms with van der Waals surface area (Å²) in [6.07, 6.45) is -3.64. The number of nitrogens with one attached hydrogen (secondary N) is 2. The van der Waals surface area contributed by atoms with E-state index in [1.54, 1.807) is 48.8 Å². The van der Waals surface area contributed by atoms with Crippen molar-refractivity contribution in [3.05, 3.63) is 78.6 Å². The zero-order valence-corrected chi connectivity index (χ0v) is 21.8. The fourth-order valence-corrected chi connectivity index (χ4v) is 3.83. The van der Waals surface area contributed by atoms with Gasteiger partial charge in [0.1, 0.15) is 12.4 Å². The summed E-state index contributed by atoms with van der Waals surface area (Å²) in [7, 11) is -3.91. The Morgan fingerprint density at radius 2 is 1.56 bits per heavy atom. The molecule has 0 spiro atoms. The number of hydrogen-bond donors (Lipinski definition) is 4. The molecule has 5 N–H and O–H groups in total. The first-order valence-electron chi connectivity index (χ1n) is 11.4. The van der Waals surface area contributed by atoms with Gasteiger partial charge in [-0.05, 0) is 42.5 Å². The van der Waals surface area contributed by atoms with Gasteiger partial charge in [0.05, 0.1) is 29.6 Å². The number of carboxylic acid groups (broad SMARTS) is 1. The van der Waals surface area contributed by atoms with Crippen LogP contribution in [0, 0.1) is 0 Å². The van der Waals surface area contributed by atoms with Crippen molar-refractivity contribution in [1.82, 2.24) is 14.7 Å². The van der Waals surface area contributed by atoms with Crippen LogP contribution in [-0.4, -0.2) is 66.9 Å². The summed E-state index contributed by atoms with van der Waals surface area (Å²) in [6.45, 7) is 0.800. The van der Waals surface area contributed by atoms with E-state index in [1.807, 2.05) is 0 Å². The molecule has 3 rings (SSSR count). The number of anilines is 1. The minimum Gasteiger partial charge on any atom is -0.492 e. The maximum absolute atomic E-state index is 12.2. The fraction of sp³-hybridized carbons (Fsp3) is 0.208. The van der Waals surface area contributed by atoms with Gasteiger partial charge in [-0.15, -0.1) is 0 Å². The molecule has 13 nitrogen and oxygen atoms in total. The smallest absolute Gasteiger partial charge is 0.490 e. The van der Waals surface area contributed by atoms with Crippen LogP contribution in [0.2, 0.25) is 0 Å². The number of hydrogen-bond acceptors (Lipinski definition) is 11. The van der Waals surface area contributed by atoms with Gasteiger partial charge >= 0.3 is 24.1 Å². The summed E-state index contributed by atoms with van der Waals surface area (Å²) in [5.74, 6) is -3.62. The monoisotopic (exact) mass is 599 g/mol. The molecule has 1 aromatic heterocycles. The molecule has 0 saturated carbocycles. The number of aliphatic carboxylic acids is 1. The first-order chi connectivity index (χ1) is 19.3. The van der Waals surface area contributed by atoms with E-state index in [2.05, 4.69) is 20.0 Å². The lowest BCUT2D eigenvalue weighted by Gasteiger charge is -2.13. The largest absolute Gasteiger partial charge is 0.492 e. The zero-order valence-electron chi connectivity index (χ0n) is 20.9. The van der Waals surface area contributed by atoms with E-state index in [4.69, 9.17) is 25.1 Å². The maximum Gasteiger partial charge on any atom is 0.490 e. The lowest BCUT2D eigenvalue weighted by molar-refractivity contribution is -0.192. The van der Waals surface area contributed by atoms with E-state index < -0.39 is 46.7 Å². The topological polar surface area (TPSA) is 200 Å². The molecule has 220 valence electrons. The van der Waals surface area contributed by atoms with Crippen molar-refractivity contribution in [1.29, 1.82) is 0 Å². The summed E-state index contributed by atoms with van der Waals surface area (Å²) < 4.78 is 68.7. The Labute approximate surface area is 231 Å². The number of nitrogens with two attached hydrogens (primary N) is 1. The third-order valence-electron chi connectivity index (χ3n) is 4.51. The number of ether oxygens (including phenoxy) is 2. The summed E-state index contributed by atoms with van der Waals surface area (Å²) in [4.78, 5) is 41.2. The molecule has 0 aliphatic carbocycles. The molecule has 0 saturated heterocycles. The number of nitrogens with zero attached hydrogens (tertiary/aromatic N) is 2. The number of alkyl halides is 3. The molecule has 0 aliphatic heterocycles. The highest BCUT2D eigenvalue weighted by atomic mass is 32.2. The summed E-state index contributed by atoms with van der Waals surface area (Å²) in [6, 6.07) is 15.3. The number of carbonyl (C=O) groups excluding carboxylic acids is 2. The molecule has 3 aromatic rings. The summed E-state index contributed by atoms with van der Waals surface area (Å²) in [5.41, 5.74) is 5.82. The minimum absolute atomic E-state index is 0.00128. The number of halogens is 3. The van der Waals surface area contributed by atoms with Gasteiger partial charge in [0.2, 0.25) is 16.0 Å². The molecule has 2 aromatic carbocycles. The van der Waals surface area contributed by atoms with Crippen molar-refractivity contribution in [3.8, 4) is 5.75 Å². The first kappa shape index (κ1) is 32.6. The molecule has 1 atom stereocenters. The van der Waals surface area contributed by atoms with Crippen LogP contribution in [-0.2, 0) is 24.3 Å². The van der Waals surface area contributed by atoms with Gasteiger partial charge in [0.15, 0.2) is 0 Å². The number of carboxylic acids is 1. The van der Waals surface area contributed by atoms with Gasteiger partial charge in [0, 0.05) is 12.4 Å². The normalized spacial score (nSPS) is 11.8. The molecular formula is C24H24F3N5O8S. The Morgan fingerprint density at radius 1 is 0.976 bits per heavy atom. The lowest BCUT2D eigenvalue weighted by atomic mass is 10.2. The Morgan fingerprint density at radius 3 is 2.12 bits per heavy atom. The van der Waals surface area contributed by atoms with Crippen molar-refractivity contribution in [2.45, 2.75) is 23.7 Å². The number of benzene rings is 2. The molecule has 0 fully saturated rings. The van der Waals surface area contributed by atoms with Gasteiger partial charge in [-0.25, -0.2) is 28.0 Å². The van der Waals surface area contributed by atoms with Crippen LogP contribution in [0.5, 0.6) is 5.75 Å². The van der Waals surface area contributed by atoms with Crippen molar-refractivity contribution in [3.63, 3.8) is 0 Å². The van der Waals surface area contributed by atoms with Crippen LogP contribution in [0.15, 0.2) is 78.0 Å². The number of rotatable bonds is 11. The Bertz CT molecular complexity index is 1390. The Hall–Kier alpha value is -4.61. The van der Waals surface area contributed by atoms with Crippen molar-refractivity contribution < 1.29 is 50.6 Å². The number of aromatic nitrogens is 2. The lowest BCUT2D eigenvalue weighted by Crippen LogP contribution is -2.43. The second kappa shape index (κ2) is 15.2. The van der Waals surface area contributed by atoms with Crippen molar-refractivity contribution >= 4 is 33.9 Å². The van der Waals surface area contributed by atoms with Gasteiger partial charge in [-0.1, -0.05) is 18.2 Å². The third-order valence-corrected chi connectivity index (χ3v) is 6.01. The van der Waals surface area contributed by atoms with E-state index in [1.165, 1.54) is 24.3 Å². The van der Waals surface area contributed by atoms with Crippen LogP contribution in [0.25, 0.3) is 0 Å². The van der Waals surface area contributed by atoms with Gasteiger partial charge < -0.3 is 25.6 Å². The quantitative estimate of drug-likeness (QED) is 0.108. The van der Waals surface area contributed by atoms with Gasteiger partial charge in [-0.2, -0.15) is 17.9 Å². The molecular weight excluding hydrogens is 575 g/mol. The van der Waals surface area contributed by atoms with Crippen LogP contribution in [0.1, 0.15) is 16.8 Å². The molecule has 1 heterocycles. The molecule has 0 radical (unpaired) electrons. The molecule has 41 heavy (non-hydrogen) atoms. The Balaban J connectivity index is 0.000000745. The van der Waals surface area contributed by atoms with E-state index in [0.717, 1.165) is 0 Å². The first-order valence-corrected chi connectivity index (χ1v) is 12.9. The number of carbonyl (C=O) groups is 3. The van der Waals surface area contributed by atoms with Crippen LogP contribution >= 0.6 is 0 Å². The summed E-state index contributed by atoms with van der Waals surface area (Å²) in [5, 5.41) is 10.1. The predicted octanol–water partition coefficient (Wildman–Crippen LogP) is 1.94. The van der Waals surface area contributed by atoms with Gasteiger partial charge in [0.25, 0.3) is 0 Å². The highest BCUT2D eigenvalue weighted by molar-refractivity contribution is 7.89. The fourth-order valence-electron chi connectivity index (χ4n) is 2.70. The SMILES string of the molecule is N[C@H](CC(=O)OC(=O)c1ccc(OCCNc2ncccn2)cc1)NS(=O)(=O)c1ccccc1.O=C(O)C(F)(F)F. The maximum atomic E-state index is 12.2. The standard InChI is InChI=1S/C22H23N5O6S.C2HF3O2/c23-19(27-34(30,31)18-5-2-1-3-6-18)15-20(28)33-21(29)16-7-9-17(10-8-16)32-14-13-26-22-24-11-4-12-25-22;3-2(4,5)1(6)7/h1-12,19,27H,13-15,23H2,(H,24,25,26);(H,6,7)/t19-;/m0./s1. The van der Waals surface area contributed by atoms with E-state index >= 15 is 0 Å². The van der Waals surface area contributed by atoms with Gasteiger partial charge in [-0.3, -0.25) is 4.79 Å². The van der Waals surface area contributed by atoms with Crippen LogP contribution in [0.3, 0.4) is 0 Å². The molecule has 17 heteroatoms. The number of sulfonamides is 1. The molecule has 0 amide bonds. The van der Waals surface area contributed by atoms with Crippen LogP contribution in [0.4, 0.5) is 19.1 Å². The second-order valence-electron chi connectivity index (χ2n) is 7.68. The van der Waals surface area contributed by atoms with Crippen LogP contribution < -0.4 is 20.5 Å². The third kappa shape index (κ3) is 12.0. The molecule has 0 aliphatic rings. The predicted molar refractivity (Wildman–Crippen MR) is 136 cm³/mol. The summed E-state index contributed by atoms with van der Waals surface area (Å²) >= 11 is 0. The number of esters is 2. The van der Waals surface area contributed by atoms with E-state index in [-0.39, 0.29) is 10.5 Å². The highest BCUT2D eigenvalue weighted by Crippen LogP contribution is 2.14. The zero-order chi connectivity index (χ0) is 30.5. The minimum atomic E-state index is -5.08. The van der Waals surface area contributed by atoms with E-state index in [0.29, 0.717) is 24.8 Å². The average molecular weight is 600 g/mol. The van der Waals surface area contributed by atoms with Crippen molar-refractivity contribution in [2.75, 3.05) is 18.5 Å². The van der Waals surface area contributed by atoms with E-state index in [9.17, 15) is 31.2 Å². The highest BCUT2D eigenvalue weighted by Gasteiger charge is 2.38. The molecule has 0 unspecified atom stereocenters. The Kier molecular flexibility index (Phi) is 12.1. The van der Waals surface area contributed by atoms with Crippen molar-refractivity contribution in [2.24, 2.45) is 5.73 Å². The molecule has 0 bridgehead atoms. The second-order valence-corrected chi connectivity index (χ2v) is 9.40. The average Bonchev–Trinajstić information content (AvgIpc) is 2.92.